The number of hydrogen-bond donors (Lipinski definition) is 12. The summed E-state index contributed by atoms with van der Waals surface area (Å²) in [5, 5.41) is 104. The van der Waals surface area contributed by atoms with Crippen molar-refractivity contribution in [3.05, 3.63) is 0 Å². The van der Waals surface area contributed by atoms with E-state index in [0.29, 0.717) is 0 Å². The van der Waals surface area contributed by atoms with E-state index < -0.39 is 131 Å². The summed E-state index contributed by atoms with van der Waals surface area (Å²) in [6.07, 6.45) is -23.6. The van der Waals surface area contributed by atoms with Gasteiger partial charge in [0.2, 0.25) is 5.91 Å². The standard InChI is InChI=1S/C28H54N2O19/c1-12-21(38)22(39)23(40)28(44-12)49-26-24(41)27(45-13(2)25(26)48-20(10-34)47-17(8-32)15(36)7-31)43-11-16(37)18(9-33)46-19(42-5-4-29)6-30-14(3)35/h12-13,15-28,31-34,36-41H,4-11,29H2,1-3H3,(H,30,35)/t12?,13?,15-,16-,17?,18?,19+,20+,21-,22?,23?,24?,25-,26?,27+,28-/m0/s1. The topological polar surface area (TPSA) is 331 Å². The van der Waals surface area contributed by atoms with Gasteiger partial charge < -0.3 is 100 Å². The van der Waals surface area contributed by atoms with Crippen LogP contribution in [0.2, 0.25) is 0 Å². The highest BCUT2D eigenvalue weighted by Crippen LogP contribution is 2.32. The number of hydrogen-bond acceptors (Lipinski definition) is 20. The molecule has 0 aliphatic carbocycles. The number of carbonyl (C=O) groups excluding carboxylic acids is 1. The molecule has 2 heterocycles. The third kappa shape index (κ3) is 13.0. The second-order valence-electron chi connectivity index (χ2n) is 11.6. The molecule has 0 radical (unpaired) electrons. The number of amides is 1. The Hall–Kier alpha value is -1.29. The van der Waals surface area contributed by atoms with E-state index in [1.165, 1.54) is 20.8 Å². The summed E-state index contributed by atoms with van der Waals surface area (Å²) in [6, 6.07) is 0. The van der Waals surface area contributed by atoms with Crippen molar-refractivity contribution in [2.45, 2.75) is 119 Å². The first kappa shape index (κ1) is 43.9. The Labute approximate surface area is 282 Å². The fourth-order valence-corrected chi connectivity index (χ4v) is 4.94. The molecule has 2 aliphatic heterocycles. The van der Waals surface area contributed by atoms with Gasteiger partial charge in [-0.2, -0.15) is 0 Å². The van der Waals surface area contributed by atoms with E-state index in [9.17, 15) is 55.9 Å². The lowest BCUT2D eigenvalue weighted by Crippen LogP contribution is -2.64. The largest absolute Gasteiger partial charge is 0.394 e. The Kier molecular flexibility index (Phi) is 19.6. The molecule has 0 saturated carbocycles. The molecule has 0 aromatic rings. The van der Waals surface area contributed by atoms with Crippen molar-refractivity contribution in [1.29, 1.82) is 0 Å². The molecule has 13 N–H and O–H groups in total. The fraction of sp³-hybridized carbons (Fsp3) is 0.964. The Balaban J connectivity index is 2.25. The van der Waals surface area contributed by atoms with Gasteiger partial charge >= 0.3 is 0 Å². The highest BCUT2D eigenvalue weighted by molar-refractivity contribution is 5.72. The van der Waals surface area contributed by atoms with Gasteiger partial charge in [-0.25, -0.2) is 0 Å². The first-order valence-corrected chi connectivity index (χ1v) is 15.8. The quantitative estimate of drug-likeness (QED) is 0.0462. The SMILES string of the molecule is CC(=O)NC[C@H](OCCN)OC(CO)[C@@H](O)CO[C@@H]1OC(C)[C@H](O[C@H](CO)OC(CO)[C@@H](O)CO)C(O[C@@H]2OC(C)[C@H](O)C(O)C2O)C1O. The molecule has 21 nitrogen and oxygen atoms in total. The van der Waals surface area contributed by atoms with E-state index in [2.05, 4.69) is 5.32 Å². The first-order valence-electron chi connectivity index (χ1n) is 15.8. The molecule has 0 bridgehead atoms. The number of nitrogens with two attached hydrogens (primary N) is 1. The number of ether oxygens (including phenoxy) is 8. The van der Waals surface area contributed by atoms with Crippen LogP contribution >= 0.6 is 0 Å². The maximum atomic E-state index is 11.4. The first-order chi connectivity index (χ1) is 23.2. The van der Waals surface area contributed by atoms with Gasteiger partial charge in [0.05, 0.1) is 58.4 Å². The molecule has 16 atom stereocenters. The minimum Gasteiger partial charge on any atom is -0.394 e. The smallest absolute Gasteiger partial charge is 0.217 e. The molecule has 2 saturated heterocycles. The van der Waals surface area contributed by atoms with E-state index in [0.717, 1.165) is 0 Å². The van der Waals surface area contributed by atoms with Crippen molar-refractivity contribution in [2.24, 2.45) is 5.73 Å². The fourth-order valence-electron chi connectivity index (χ4n) is 4.94. The van der Waals surface area contributed by atoms with Gasteiger partial charge in [0.25, 0.3) is 0 Å². The minimum absolute atomic E-state index is 0.0403. The summed E-state index contributed by atoms with van der Waals surface area (Å²) in [5.41, 5.74) is 5.46. The normalized spacial score (nSPS) is 34.5. The average Bonchev–Trinajstić information content (AvgIpc) is 3.08. The molecular weight excluding hydrogens is 668 g/mol. The molecule has 2 aliphatic rings. The molecule has 0 aromatic heterocycles. The number of nitrogens with one attached hydrogen (secondary N) is 1. The van der Waals surface area contributed by atoms with Crippen LogP contribution in [-0.4, -0.2) is 208 Å². The van der Waals surface area contributed by atoms with Gasteiger partial charge in [-0.05, 0) is 13.8 Å². The van der Waals surface area contributed by atoms with Crippen molar-refractivity contribution < 1.29 is 93.8 Å². The molecule has 49 heavy (non-hydrogen) atoms. The lowest BCUT2D eigenvalue weighted by atomic mass is 9.97. The van der Waals surface area contributed by atoms with Crippen molar-refractivity contribution in [1.82, 2.24) is 5.32 Å². The summed E-state index contributed by atoms with van der Waals surface area (Å²) in [4.78, 5) is 11.3. The van der Waals surface area contributed by atoms with Crippen molar-refractivity contribution in [3.63, 3.8) is 0 Å². The van der Waals surface area contributed by atoms with Crippen molar-refractivity contribution in [2.75, 3.05) is 52.7 Å². The third-order valence-electron chi connectivity index (χ3n) is 7.74. The van der Waals surface area contributed by atoms with Crippen LogP contribution in [0.25, 0.3) is 0 Å². The van der Waals surface area contributed by atoms with E-state index >= 15 is 0 Å². The Morgan fingerprint density at radius 3 is 1.96 bits per heavy atom. The van der Waals surface area contributed by atoms with Gasteiger partial charge in [-0.15, -0.1) is 0 Å². The average molecular weight is 723 g/mol. The van der Waals surface area contributed by atoms with Crippen LogP contribution in [0.15, 0.2) is 0 Å². The van der Waals surface area contributed by atoms with Crippen LogP contribution in [0.4, 0.5) is 0 Å². The van der Waals surface area contributed by atoms with E-state index in [1.807, 2.05) is 0 Å². The predicted octanol–water partition coefficient (Wildman–Crippen LogP) is -7.07. The molecule has 290 valence electrons. The number of aliphatic hydroxyl groups excluding tert-OH is 10. The Morgan fingerprint density at radius 2 is 1.39 bits per heavy atom. The zero-order chi connectivity index (χ0) is 36.8. The van der Waals surface area contributed by atoms with Crippen LogP contribution < -0.4 is 11.1 Å². The monoisotopic (exact) mass is 722 g/mol. The van der Waals surface area contributed by atoms with Crippen LogP contribution in [0.5, 0.6) is 0 Å². The third-order valence-corrected chi connectivity index (χ3v) is 7.74. The number of carbonyl (C=O) groups is 1. The van der Waals surface area contributed by atoms with Crippen LogP contribution in [0.1, 0.15) is 20.8 Å². The Morgan fingerprint density at radius 1 is 0.776 bits per heavy atom. The second-order valence-corrected chi connectivity index (χ2v) is 11.6. The molecular formula is C28H54N2O19. The van der Waals surface area contributed by atoms with Gasteiger partial charge in [0, 0.05) is 13.5 Å². The van der Waals surface area contributed by atoms with Crippen molar-refractivity contribution in [3.8, 4) is 0 Å². The summed E-state index contributed by atoms with van der Waals surface area (Å²) < 4.78 is 45.0. The summed E-state index contributed by atoms with van der Waals surface area (Å²) in [6.45, 7) is 0.420. The molecule has 0 aromatic carbocycles. The van der Waals surface area contributed by atoms with Crippen LogP contribution in [-0.2, 0) is 42.7 Å². The lowest BCUT2D eigenvalue weighted by molar-refractivity contribution is -0.372. The Bertz CT molecular complexity index is 927. The maximum Gasteiger partial charge on any atom is 0.217 e. The van der Waals surface area contributed by atoms with Crippen molar-refractivity contribution >= 4 is 5.91 Å². The highest BCUT2D eigenvalue weighted by atomic mass is 16.8. The number of rotatable bonds is 22. The highest BCUT2D eigenvalue weighted by Gasteiger charge is 2.51. The molecule has 2 rings (SSSR count). The van der Waals surface area contributed by atoms with E-state index in [4.69, 9.17) is 43.6 Å². The lowest BCUT2D eigenvalue weighted by Gasteiger charge is -2.47. The molecule has 1 amide bonds. The predicted molar refractivity (Wildman–Crippen MR) is 160 cm³/mol. The molecule has 8 unspecified atom stereocenters. The van der Waals surface area contributed by atoms with Crippen LogP contribution in [0.3, 0.4) is 0 Å². The molecule has 21 heteroatoms. The van der Waals surface area contributed by atoms with Gasteiger partial charge in [-0.3, -0.25) is 4.79 Å². The van der Waals surface area contributed by atoms with Gasteiger partial charge in [0.1, 0.15) is 61.0 Å². The van der Waals surface area contributed by atoms with Gasteiger partial charge in [0.15, 0.2) is 25.2 Å². The zero-order valence-corrected chi connectivity index (χ0v) is 27.6. The second kappa shape index (κ2) is 21.9. The van der Waals surface area contributed by atoms with E-state index in [-0.39, 0.29) is 25.6 Å². The summed E-state index contributed by atoms with van der Waals surface area (Å²) >= 11 is 0. The number of aliphatic hydroxyl groups is 10. The van der Waals surface area contributed by atoms with E-state index in [1.54, 1.807) is 0 Å². The minimum atomic E-state index is -1.81. The summed E-state index contributed by atoms with van der Waals surface area (Å²) in [5.74, 6) is -0.384. The zero-order valence-electron chi connectivity index (χ0n) is 27.6. The van der Waals surface area contributed by atoms with Crippen LogP contribution in [0, 0.1) is 0 Å². The maximum absolute atomic E-state index is 11.4. The summed E-state index contributed by atoms with van der Waals surface area (Å²) in [7, 11) is 0. The molecule has 0 spiro atoms. The van der Waals surface area contributed by atoms with Gasteiger partial charge in [-0.1, -0.05) is 0 Å². The molecule has 2 fully saturated rings.